The molecule has 3 aromatic rings. The number of hydrogen-bond acceptors (Lipinski definition) is 3. The molecule has 0 unspecified atom stereocenters. The summed E-state index contributed by atoms with van der Waals surface area (Å²) >= 11 is 12.6. The number of methoxy groups -OCH3 is 1. The largest absolute Gasteiger partial charge is 0.493 e. The molecule has 0 fully saturated rings. The Morgan fingerprint density at radius 2 is 1.61 bits per heavy atom. The van der Waals surface area contributed by atoms with Crippen LogP contribution in [0.15, 0.2) is 60.7 Å². The standard InChI is InChI=1S/C22H20Cl2FNO2/c1-27-21-11-15(12-26-13-16-6-2-4-8-18(16)23)10-19(24)22(21)28-14-17-7-3-5-9-20(17)25/h2-11,26H,12-14H2,1H3. The summed E-state index contributed by atoms with van der Waals surface area (Å²) in [5.41, 5.74) is 2.41. The molecule has 0 aliphatic rings. The first-order valence-corrected chi connectivity index (χ1v) is 9.51. The molecule has 146 valence electrons. The van der Waals surface area contributed by atoms with Crippen molar-refractivity contribution in [2.45, 2.75) is 19.7 Å². The second kappa shape index (κ2) is 9.78. The number of ether oxygens (including phenoxy) is 2. The van der Waals surface area contributed by atoms with Gasteiger partial charge in [-0.1, -0.05) is 59.6 Å². The third kappa shape index (κ3) is 5.16. The molecular weight excluding hydrogens is 400 g/mol. The van der Waals surface area contributed by atoms with Crippen molar-refractivity contribution in [3.05, 3.63) is 93.2 Å². The number of benzene rings is 3. The molecule has 0 aromatic heterocycles. The molecule has 6 heteroatoms. The Kier molecular flexibility index (Phi) is 7.15. The van der Waals surface area contributed by atoms with Gasteiger partial charge in [-0.25, -0.2) is 4.39 Å². The van der Waals surface area contributed by atoms with Crippen LogP contribution in [0.4, 0.5) is 4.39 Å². The minimum absolute atomic E-state index is 0.0624. The molecule has 0 saturated carbocycles. The van der Waals surface area contributed by atoms with Gasteiger partial charge < -0.3 is 14.8 Å². The zero-order valence-corrected chi connectivity index (χ0v) is 16.9. The minimum atomic E-state index is -0.321. The summed E-state index contributed by atoms with van der Waals surface area (Å²) < 4.78 is 24.9. The van der Waals surface area contributed by atoms with Gasteiger partial charge in [-0.3, -0.25) is 0 Å². The minimum Gasteiger partial charge on any atom is -0.493 e. The fraction of sp³-hybridized carbons (Fsp3) is 0.182. The van der Waals surface area contributed by atoms with Crippen molar-refractivity contribution in [3.63, 3.8) is 0 Å². The normalized spacial score (nSPS) is 10.7. The molecule has 0 aliphatic carbocycles. The van der Waals surface area contributed by atoms with E-state index in [4.69, 9.17) is 32.7 Å². The van der Waals surface area contributed by atoms with Gasteiger partial charge in [0.1, 0.15) is 12.4 Å². The van der Waals surface area contributed by atoms with Gasteiger partial charge in [0.15, 0.2) is 11.5 Å². The summed E-state index contributed by atoms with van der Waals surface area (Å²) in [4.78, 5) is 0. The first-order valence-electron chi connectivity index (χ1n) is 8.75. The zero-order chi connectivity index (χ0) is 19.9. The van der Waals surface area contributed by atoms with E-state index in [9.17, 15) is 4.39 Å². The number of rotatable bonds is 8. The summed E-state index contributed by atoms with van der Waals surface area (Å²) in [5.74, 6) is 0.568. The fourth-order valence-corrected chi connectivity index (χ4v) is 3.25. The van der Waals surface area contributed by atoms with Crippen LogP contribution < -0.4 is 14.8 Å². The van der Waals surface area contributed by atoms with E-state index in [0.717, 1.165) is 16.1 Å². The van der Waals surface area contributed by atoms with Crippen LogP contribution in [0.5, 0.6) is 11.5 Å². The second-order valence-electron chi connectivity index (χ2n) is 6.18. The highest BCUT2D eigenvalue weighted by molar-refractivity contribution is 6.32. The van der Waals surface area contributed by atoms with Crippen molar-refractivity contribution in [2.24, 2.45) is 0 Å². The van der Waals surface area contributed by atoms with Gasteiger partial charge in [-0.2, -0.15) is 0 Å². The number of halogens is 3. The van der Waals surface area contributed by atoms with E-state index >= 15 is 0 Å². The van der Waals surface area contributed by atoms with Crippen LogP contribution in [0.2, 0.25) is 10.0 Å². The summed E-state index contributed by atoms with van der Waals surface area (Å²) in [5, 5.41) is 4.47. The molecule has 0 amide bonds. The quantitative estimate of drug-likeness (QED) is 0.484. The van der Waals surface area contributed by atoms with Crippen molar-refractivity contribution in [3.8, 4) is 11.5 Å². The fourth-order valence-electron chi connectivity index (χ4n) is 2.76. The van der Waals surface area contributed by atoms with Crippen molar-refractivity contribution in [1.82, 2.24) is 5.32 Å². The van der Waals surface area contributed by atoms with Crippen molar-refractivity contribution >= 4 is 23.2 Å². The topological polar surface area (TPSA) is 30.5 Å². The number of nitrogens with one attached hydrogen (secondary N) is 1. The maximum Gasteiger partial charge on any atom is 0.180 e. The molecule has 3 nitrogen and oxygen atoms in total. The van der Waals surface area contributed by atoms with Gasteiger partial charge in [0, 0.05) is 23.7 Å². The predicted octanol–water partition coefficient (Wildman–Crippen LogP) is 6.01. The molecule has 0 radical (unpaired) electrons. The Bertz CT molecular complexity index is 950. The lowest BCUT2D eigenvalue weighted by Gasteiger charge is -2.15. The monoisotopic (exact) mass is 419 g/mol. The zero-order valence-electron chi connectivity index (χ0n) is 15.3. The Labute approximate surface area is 174 Å². The summed E-state index contributed by atoms with van der Waals surface area (Å²) in [6.45, 7) is 1.27. The molecular formula is C22H20Cl2FNO2. The molecule has 3 aromatic carbocycles. The molecule has 0 bridgehead atoms. The highest BCUT2D eigenvalue weighted by Crippen LogP contribution is 2.37. The van der Waals surface area contributed by atoms with E-state index in [-0.39, 0.29) is 12.4 Å². The van der Waals surface area contributed by atoms with Crippen molar-refractivity contribution in [1.29, 1.82) is 0 Å². The lowest BCUT2D eigenvalue weighted by Crippen LogP contribution is -2.13. The van der Waals surface area contributed by atoms with E-state index in [1.165, 1.54) is 6.07 Å². The van der Waals surface area contributed by atoms with Gasteiger partial charge in [0.25, 0.3) is 0 Å². The van der Waals surface area contributed by atoms with Gasteiger partial charge in [0.05, 0.1) is 12.1 Å². The molecule has 1 N–H and O–H groups in total. The van der Waals surface area contributed by atoms with E-state index in [0.29, 0.717) is 35.2 Å². The highest BCUT2D eigenvalue weighted by atomic mass is 35.5. The lowest BCUT2D eigenvalue weighted by molar-refractivity contribution is 0.279. The van der Waals surface area contributed by atoms with Crippen LogP contribution in [0.25, 0.3) is 0 Å². The van der Waals surface area contributed by atoms with Crippen molar-refractivity contribution in [2.75, 3.05) is 7.11 Å². The summed E-state index contributed by atoms with van der Waals surface area (Å²) in [7, 11) is 1.54. The molecule has 28 heavy (non-hydrogen) atoms. The Balaban J connectivity index is 1.67. The average molecular weight is 420 g/mol. The van der Waals surface area contributed by atoms with Crippen LogP contribution in [0.3, 0.4) is 0 Å². The molecule has 3 rings (SSSR count). The lowest BCUT2D eigenvalue weighted by atomic mass is 10.1. The van der Waals surface area contributed by atoms with Crippen LogP contribution in [0.1, 0.15) is 16.7 Å². The van der Waals surface area contributed by atoms with E-state index in [1.807, 2.05) is 30.3 Å². The maximum atomic E-state index is 13.8. The summed E-state index contributed by atoms with van der Waals surface area (Å²) in [6, 6.07) is 17.8. The average Bonchev–Trinajstić information content (AvgIpc) is 2.69. The Morgan fingerprint density at radius 3 is 2.32 bits per heavy atom. The summed E-state index contributed by atoms with van der Waals surface area (Å²) in [6.07, 6.45) is 0. The van der Waals surface area contributed by atoms with Gasteiger partial charge in [-0.05, 0) is 35.4 Å². The Hall–Kier alpha value is -2.27. The second-order valence-corrected chi connectivity index (χ2v) is 7.00. The maximum absolute atomic E-state index is 13.8. The van der Waals surface area contributed by atoms with Crippen LogP contribution in [-0.2, 0) is 19.7 Å². The third-order valence-corrected chi connectivity index (χ3v) is 4.87. The van der Waals surface area contributed by atoms with E-state index in [1.54, 1.807) is 31.4 Å². The van der Waals surface area contributed by atoms with Gasteiger partial charge >= 0.3 is 0 Å². The smallest absolute Gasteiger partial charge is 0.180 e. The third-order valence-electron chi connectivity index (χ3n) is 4.22. The predicted molar refractivity (Wildman–Crippen MR) is 111 cm³/mol. The molecule has 0 saturated heterocycles. The molecule has 0 spiro atoms. The van der Waals surface area contributed by atoms with E-state index in [2.05, 4.69) is 5.32 Å². The van der Waals surface area contributed by atoms with Crippen LogP contribution >= 0.6 is 23.2 Å². The molecule has 0 atom stereocenters. The van der Waals surface area contributed by atoms with E-state index < -0.39 is 0 Å². The van der Waals surface area contributed by atoms with Crippen molar-refractivity contribution < 1.29 is 13.9 Å². The molecule has 0 aliphatic heterocycles. The first kappa shape index (κ1) is 20.5. The van der Waals surface area contributed by atoms with Crippen LogP contribution in [0, 0.1) is 5.82 Å². The van der Waals surface area contributed by atoms with Gasteiger partial charge in [0.2, 0.25) is 0 Å². The Morgan fingerprint density at radius 1 is 0.893 bits per heavy atom. The van der Waals surface area contributed by atoms with Crippen LogP contribution in [-0.4, -0.2) is 7.11 Å². The molecule has 0 heterocycles. The SMILES string of the molecule is COc1cc(CNCc2ccccc2Cl)cc(Cl)c1OCc1ccccc1F. The highest BCUT2D eigenvalue weighted by Gasteiger charge is 2.13. The first-order chi connectivity index (χ1) is 13.6. The van der Waals surface area contributed by atoms with Gasteiger partial charge in [-0.15, -0.1) is 0 Å². The number of hydrogen-bond donors (Lipinski definition) is 1.